The third kappa shape index (κ3) is 5.44. The fourth-order valence-corrected chi connectivity index (χ4v) is 5.24. The van der Waals surface area contributed by atoms with E-state index in [0.29, 0.717) is 40.1 Å². The zero-order valence-electron chi connectivity index (χ0n) is 19.9. The number of aromatic nitrogens is 2. The topological polar surface area (TPSA) is 79.5 Å². The number of fused-ring (bicyclic) bond motifs is 1. The molecule has 4 rings (SSSR count). The Morgan fingerprint density at radius 3 is 2.11 bits per heavy atom. The number of esters is 1. The standard InChI is InChI=1S/C27H28N2O5S/c1-19-22-24(30)28(15-13-20-9-5-3-6-10-20)27(32)29(16-18-33-2)25(22)35-23(19)26(31)34-17-14-21-11-7-4-8-12-21/h3-12H,13-18H2,1-2H3. The smallest absolute Gasteiger partial charge is 0.348 e. The highest BCUT2D eigenvalue weighted by Crippen LogP contribution is 2.28. The number of methoxy groups -OCH3 is 1. The van der Waals surface area contributed by atoms with E-state index in [1.807, 2.05) is 60.7 Å². The van der Waals surface area contributed by atoms with Gasteiger partial charge in [0.1, 0.15) is 9.71 Å². The van der Waals surface area contributed by atoms with E-state index in [1.165, 1.54) is 9.13 Å². The molecule has 0 bridgehead atoms. The van der Waals surface area contributed by atoms with Gasteiger partial charge in [-0.2, -0.15) is 0 Å². The number of rotatable bonds is 10. The van der Waals surface area contributed by atoms with Crippen LogP contribution in [0.15, 0.2) is 70.3 Å². The van der Waals surface area contributed by atoms with Crippen LogP contribution in [-0.4, -0.2) is 35.4 Å². The van der Waals surface area contributed by atoms with Crippen molar-refractivity contribution >= 4 is 27.5 Å². The minimum absolute atomic E-state index is 0.230. The molecule has 0 aliphatic rings. The molecule has 0 spiro atoms. The number of hydrogen-bond acceptors (Lipinski definition) is 6. The summed E-state index contributed by atoms with van der Waals surface area (Å²) in [5.41, 5.74) is 1.86. The maximum Gasteiger partial charge on any atom is 0.348 e. The summed E-state index contributed by atoms with van der Waals surface area (Å²) >= 11 is 1.13. The Bertz CT molecular complexity index is 1420. The molecule has 0 fully saturated rings. The highest BCUT2D eigenvalue weighted by molar-refractivity contribution is 7.20. The fraction of sp³-hybridized carbons (Fsp3) is 0.296. The lowest BCUT2D eigenvalue weighted by Gasteiger charge is -2.12. The Kier molecular flexibility index (Phi) is 7.94. The maximum atomic E-state index is 13.4. The highest BCUT2D eigenvalue weighted by atomic mass is 32.1. The first-order valence-electron chi connectivity index (χ1n) is 11.5. The van der Waals surface area contributed by atoms with Crippen LogP contribution in [0.1, 0.15) is 26.4 Å². The number of benzene rings is 2. The normalized spacial score (nSPS) is 11.1. The maximum absolute atomic E-state index is 13.4. The molecule has 2 heterocycles. The molecular weight excluding hydrogens is 464 g/mol. The monoisotopic (exact) mass is 492 g/mol. The fourth-order valence-electron chi connectivity index (χ4n) is 4.02. The van der Waals surface area contributed by atoms with Crippen molar-refractivity contribution < 1.29 is 14.3 Å². The third-order valence-corrected chi connectivity index (χ3v) is 7.23. The SMILES string of the molecule is COCCn1c(=O)n(CCc2ccccc2)c(=O)c2c(C)c(C(=O)OCCc3ccccc3)sc21. The van der Waals surface area contributed by atoms with Crippen LogP contribution in [0.25, 0.3) is 10.2 Å². The predicted octanol–water partition coefficient (Wildman–Crippen LogP) is 3.82. The summed E-state index contributed by atoms with van der Waals surface area (Å²) in [7, 11) is 1.56. The van der Waals surface area contributed by atoms with Gasteiger partial charge in [-0.05, 0) is 30.0 Å². The van der Waals surface area contributed by atoms with Crippen LogP contribution < -0.4 is 11.2 Å². The first kappa shape index (κ1) is 24.6. The van der Waals surface area contributed by atoms with E-state index < -0.39 is 11.7 Å². The highest BCUT2D eigenvalue weighted by Gasteiger charge is 2.24. The summed E-state index contributed by atoms with van der Waals surface area (Å²) in [4.78, 5) is 40.5. The average molecular weight is 493 g/mol. The van der Waals surface area contributed by atoms with Crippen molar-refractivity contribution in [3.63, 3.8) is 0 Å². The molecule has 0 N–H and O–H groups in total. The summed E-state index contributed by atoms with van der Waals surface area (Å²) in [6, 6.07) is 19.5. The van der Waals surface area contributed by atoms with Crippen LogP contribution >= 0.6 is 11.3 Å². The molecule has 0 amide bonds. The number of nitrogens with zero attached hydrogens (tertiary/aromatic N) is 2. The number of carbonyl (C=O) groups excluding carboxylic acids is 1. The minimum Gasteiger partial charge on any atom is -0.461 e. The summed E-state index contributed by atoms with van der Waals surface area (Å²) < 4.78 is 13.5. The zero-order valence-corrected chi connectivity index (χ0v) is 20.7. The first-order valence-corrected chi connectivity index (χ1v) is 12.3. The molecule has 2 aromatic heterocycles. The molecule has 8 heteroatoms. The predicted molar refractivity (Wildman–Crippen MR) is 138 cm³/mol. The Labute approximate surface area is 207 Å². The van der Waals surface area contributed by atoms with Crippen molar-refractivity contribution in [1.29, 1.82) is 0 Å². The van der Waals surface area contributed by atoms with Gasteiger partial charge in [0.25, 0.3) is 5.56 Å². The Morgan fingerprint density at radius 2 is 1.49 bits per heavy atom. The number of hydrogen-bond donors (Lipinski definition) is 0. The second-order valence-electron chi connectivity index (χ2n) is 8.23. The Balaban J connectivity index is 1.67. The second kappa shape index (κ2) is 11.3. The van der Waals surface area contributed by atoms with Crippen LogP contribution in [0.2, 0.25) is 0 Å². The van der Waals surface area contributed by atoms with Crippen LogP contribution in [0.3, 0.4) is 0 Å². The van der Waals surface area contributed by atoms with Gasteiger partial charge in [0.2, 0.25) is 0 Å². The van der Waals surface area contributed by atoms with Crippen molar-refractivity contribution in [3.8, 4) is 0 Å². The van der Waals surface area contributed by atoms with Gasteiger partial charge in [0.15, 0.2) is 0 Å². The van der Waals surface area contributed by atoms with Crippen LogP contribution in [0.5, 0.6) is 0 Å². The Hall–Kier alpha value is -3.49. The molecular formula is C27H28N2O5S. The van der Waals surface area contributed by atoms with E-state index >= 15 is 0 Å². The quantitative estimate of drug-likeness (QED) is 0.315. The molecule has 0 saturated carbocycles. The van der Waals surface area contributed by atoms with E-state index in [9.17, 15) is 14.4 Å². The van der Waals surface area contributed by atoms with Crippen molar-refractivity contribution in [2.45, 2.75) is 32.9 Å². The van der Waals surface area contributed by atoms with Crippen molar-refractivity contribution in [2.75, 3.05) is 20.3 Å². The summed E-state index contributed by atoms with van der Waals surface area (Å²) in [6.07, 6.45) is 1.14. The molecule has 0 atom stereocenters. The second-order valence-corrected chi connectivity index (χ2v) is 9.23. The van der Waals surface area contributed by atoms with E-state index in [0.717, 1.165) is 22.5 Å². The van der Waals surface area contributed by atoms with E-state index in [-0.39, 0.29) is 25.3 Å². The van der Waals surface area contributed by atoms with Crippen molar-refractivity contribution in [3.05, 3.63) is 103 Å². The van der Waals surface area contributed by atoms with Crippen LogP contribution in [0, 0.1) is 6.92 Å². The lowest BCUT2D eigenvalue weighted by Crippen LogP contribution is -2.40. The average Bonchev–Trinajstić information content (AvgIpc) is 3.22. The number of thiophene rings is 1. The van der Waals surface area contributed by atoms with Gasteiger partial charge >= 0.3 is 11.7 Å². The van der Waals surface area contributed by atoms with Gasteiger partial charge < -0.3 is 9.47 Å². The van der Waals surface area contributed by atoms with Gasteiger partial charge in [0, 0.05) is 20.1 Å². The molecule has 0 aliphatic heterocycles. The van der Waals surface area contributed by atoms with Crippen LogP contribution in [0.4, 0.5) is 0 Å². The molecule has 4 aromatic rings. The third-order valence-electron chi connectivity index (χ3n) is 5.93. The largest absolute Gasteiger partial charge is 0.461 e. The molecule has 0 unspecified atom stereocenters. The van der Waals surface area contributed by atoms with E-state index in [2.05, 4.69) is 0 Å². The number of aryl methyl sites for hydroxylation is 2. The molecule has 7 nitrogen and oxygen atoms in total. The number of ether oxygens (including phenoxy) is 2. The van der Waals surface area contributed by atoms with Gasteiger partial charge in [-0.1, -0.05) is 60.7 Å². The van der Waals surface area contributed by atoms with Gasteiger partial charge in [-0.3, -0.25) is 13.9 Å². The van der Waals surface area contributed by atoms with Crippen molar-refractivity contribution in [2.24, 2.45) is 0 Å². The first-order chi connectivity index (χ1) is 17.0. The summed E-state index contributed by atoms with van der Waals surface area (Å²) in [6.45, 7) is 2.80. The molecule has 0 radical (unpaired) electrons. The molecule has 2 aromatic carbocycles. The lowest BCUT2D eigenvalue weighted by atomic mass is 10.1. The Morgan fingerprint density at radius 1 is 0.857 bits per heavy atom. The molecule has 35 heavy (non-hydrogen) atoms. The van der Waals surface area contributed by atoms with Crippen molar-refractivity contribution in [1.82, 2.24) is 9.13 Å². The molecule has 0 saturated heterocycles. The molecule has 182 valence electrons. The zero-order chi connectivity index (χ0) is 24.8. The summed E-state index contributed by atoms with van der Waals surface area (Å²) in [5.74, 6) is -0.486. The molecule has 0 aliphatic carbocycles. The number of carbonyl (C=O) groups is 1. The van der Waals surface area contributed by atoms with E-state index in [1.54, 1.807) is 14.0 Å². The summed E-state index contributed by atoms with van der Waals surface area (Å²) in [5, 5.41) is 0.383. The minimum atomic E-state index is -0.486. The van der Waals surface area contributed by atoms with E-state index in [4.69, 9.17) is 9.47 Å². The van der Waals surface area contributed by atoms with Gasteiger partial charge in [-0.15, -0.1) is 11.3 Å². The van der Waals surface area contributed by atoms with Gasteiger partial charge in [0.05, 0.1) is 25.1 Å². The van der Waals surface area contributed by atoms with Gasteiger partial charge in [-0.25, -0.2) is 9.59 Å². The van der Waals surface area contributed by atoms with Crippen LogP contribution in [-0.2, 0) is 35.4 Å². The lowest BCUT2D eigenvalue weighted by molar-refractivity contribution is 0.0514.